The molecule has 3 aromatic rings. The second kappa shape index (κ2) is 4.74. The first-order valence-corrected chi connectivity index (χ1v) is 7.17. The van der Waals surface area contributed by atoms with Gasteiger partial charge in [-0.25, -0.2) is 4.98 Å². The van der Waals surface area contributed by atoms with E-state index in [0.29, 0.717) is 9.79 Å². The Morgan fingerprint density at radius 3 is 3.00 bits per heavy atom. The number of nitrogens with zero attached hydrogens (tertiary/aromatic N) is 2. The summed E-state index contributed by atoms with van der Waals surface area (Å²) in [7, 11) is 0. The fourth-order valence-corrected chi connectivity index (χ4v) is 3.06. The summed E-state index contributed by atoms with van der Waals surface area (Å²) in [4.78, 5) is 7.51. The van der Waals surface area contributed by atoms with Crippen LogP contribution in [0.25, 0.3) is 16.9 Å². The molecule has 0 aliphatic heterocycles. The Balaban J connectivity index is 2.40. The summed E-state index contributed by atoms with van der Waals surface area (Å²) in [5.74, 6) is 0. The molecule has 1 N–H and O–H groups in total. The van der Waals surface area contributed by atoms with Crippen LogP contribution in [0.15, 0.2) is 34.9 Å². The van der Waals surface area contributed by atoms with E-state index in [9.17, 15) is 0 Å². The molecule has 0 amide bonds. The molecule has 3 nitrogen and oxygen atoms in total. The van der Waals surface area contributed by atoms with Crippen molar-refractivity contribution in [3.05, 3.63) is 50.3 Å². The smallest absolute Gasteiger partial charge is 0.184 e. The molecule has 19 heavy (non-hydrogen) atoms. The Morgan fingerprint density at radius 1 is 1.42 bits per heavy atom. The molecule has 0 bridgehead atoms. The Hall–Kier alpha value is -1.17. The maximum absolute atomic E-state index is 6.21. The number of benzene rings is 1. The van der Waals surface area contributed by atoms with Gasteiger partial charge in [0.25, 0.3) is 0 Å². The third kappa shape index (κ3) is 2.12. The van der Waals surface area contributed by atoms with Crippen molar-refractivity contribution in [2.75, 3.05) is 0 Å². The van der Waals surface area contributed by atoms with E-state index in [1.165, 1.54) is 0 Å². The topological polar surface area (TPSA) is 33.6 Å². The van der Waals surface area contributed by atoms with Crippen LogP contribution < -0.4 is 0 Å². The second-order valence-corrected chi connectivity index (χ2v) is 5.84. The monoisotopic (exact) mass is 353 g/mol. The molecule has 0 saturated heterocycles. The van der Waals surface area contributed by atoms with Crippen molar-refractivity contribution >= 4 is 50.9 Å². The van der Waals surface area contributed by atoms with E-state index in [-0.39, 0.29) is 0 Å². The Bertz CT molecular complexity index is 838. The highest BCUT2D eigenvalue weighted by molar-refractivity contribution is 9.10. The number of aromatic nitrogens is 3. The average Bonchev–Trinajstić information content (AvgIpc) is 2.70. The van der Waals surface area contributed by atoms with E-state index in [0.717, 1.165) is 26.9 Å². The van der Waals surface area contributed by atoms with Gasteiger partial charge in [-0.15, -0.1) is 0 Å². The lowest BCUT2D eigenvalue weighted by molar-refractivity contribution is 1.03. The quantitative estimate of drug-likeness (QED) is 0.636. The summed E-state index contributed by atoms with van der Waals surface area (Å²) in [6.07, 6.45) is 1.74. The van der Waals surface area contributed by atoms with Crippen molar-refractivity contribution in [3.63, 3.8) is 0 Å². The van der Waals surface area contributed by atoms with Crippen LogP contribution in [0.1, 0.15) is 5.56 Å². The van der Waals surface area contributed by atoms with Crippen molar-refractivity contribution in [2.45, 2.75) is 6.92 Å². The number of aromatic amines is 1. The van der Waals surface area contributed by atoms with Gasteiger partial charge in [0.2, 0.25) is 0 Å². The number of fused-ring (bicyclic) bond motifs is 1. The van der Waals surface area contributed by atoms with E-state index < -0.39 is 0 Å². The zero-order valence-corrected chi connectivity index (χ0v) is 13.1. The van der Waals surface area contributed by atoms with Crippen LogP contribution in [0.5, 0.6) is 0 Å². The molecule has 0 aliphatic rings. The van der Waals surface area contributed by atoms with Crippen LogP contribution in [0.3, 0.4) is 0 Å². The van der Waals surface area contributed by atoms with Crippen molar-refractivity contribution in [1.29, 1.82) is 0 Å². The van der Waals surface area contributed by atoms with Gasteiger partial charge in [-0.05, 0) is 64.9 Å². The minimum Gasteiger partial charge on any atom is -0.329 e. The Morgan fingerprint density at radius 2 is 2.21 bits per heavy atom. The lowest BCUT2D eigenvalue weighted by Gasteiger charge is -2.09. The minimum absolute atomic E-state index is 0.592. The largest absolute Gasteiger partial charge is 0.329 e. The zero-order valence-electron chi connectivity index (χ0n) is 9.95. The van der Waals surface area contributed by atoms with Gasteiger partial charge in [-0.2, -0.15) is 0 Å². The molecule has 2 heterocycles. The maximum Gasteiger partial charge on any atom is 0.184 e. The van der Waals surface area contributed by atoms with Crippen molar-refractivity contribution in [1.82, 2.24) is 14.5 Å². The lowest BCUT2D eigenvalue weighted by Crippen LogP contribution is -1.97. The number of H-pyrrole nitrogens is 1. The highest BCUT2D eigenvalue weighted by atomic mass is 79.9. The van der Waals surface area contributed by atoms with E-state index in [1.54, 1.807) is 6.20 Å². The van der Waals surface area contributed by atoms with Crippen LogP contribution in [0.2, 0.25) is 5.02 Å². The maximum atomic E-state index is 6.21. The molecule has 1 aromatic carbocycles. The summed E-state index contributed by atoms with van der Waals surface area (Å²) in [6.45, 7) is 1.96. The summed E-state index contributed by atoms with van der Waals surface area (Å²) in [5.41, 5.74) is 3.58. The molecule has 0 atom stereocenters. The van der Waals surface area contributed by atoms with Crippen molar-refractivity contribution < 1.29 is 0 Å². The van der Waals surface area contributed by atoms with Gasteiger partial charge in [-0.1, -0.05) is 11.6 Å². The first-order chi connectivity index (χ1) is 9.08. The van der Waals surface area contributed by atoms with Crippen LogP contribution in [-0.2, 0) is 0 Å². The number of hydrogen-bond donors (Lipinski definition) is 1. The molecule has 6 heteroatoms. The van der Waals surface area contributed by atoms with Crippen LogP contribution >= 0.6 is 39.7 Å². The zero-order chi connectivity index (χ0) is 13.6. The molecular weight excluding hydrogens is 346 g/mol. The number of halogens is 2. The number of pyridine rings is 1. The molecule has 0 saturated carbocycles. The Labute approximate surface area is 128 Å². The van der Waals surface area contributed by atoms with Gasteiger partial charge >= 0.3 is 0 Å². The number of hydrogen-bond acceptors (Lipinski definition) is 2. The number of nitrogens with one attached hydrogen (secondary N) is 1. The predicted molar refractivity (Wildman–Crippen MR) is 83.7 cm³/mol. The normalized spacial score (nSPS) is 11.1. The lowest BCUT2D eigenvalue weighted by atomic mass is 10.2. The SMILES string of the molecule is Cc1cc(Br)c(-n2c(=S)[nH]c3cccnc32)cc1Cl. The molecule has 0 fully saturated rings. The standard InChI is InChI=1S/C13H9BrClN3S/c1-7-5-8(14)11(6-9(7)15)18-12-10(17-13(18)19)3-2-4-16-12/h2-6H,1H3,(H,17,19). The van der Waals surface area contributed by atoms with Gasteiger partial charge < -0.3 is 4.98 Å². The molecule has 0 aliphatic carbocycles. The van der Waals surface area contributed by atoms with Crippen LogP contribution in [0, 0.1) is 11.7 Å². The summed E-state index contributed by atoms with van der Waals surface area (Å²) >= 11 is 15.1. The summed E-state index contributed by atoms with van der Waals surface area (Å²) in [5, 5.41) is 0.699. The summed E-state index contributed by atoms with van der Waals surface area (Å²) in [6, 6.07) is 7.67. The first-order valence-electron chi connectivity index (χ1n) is 5.59. The first kappa shape index (κ1) is 12.8. The fraction of sp³-hybridized carbons (Fsp3) is 0.0769. The molecular formula is C13H9BrClN3S. The van der Waals surface area contributed by atoms with Crippen LogP contribution in [0.4, 0.5) is 0 Å². The molecule has 3 rings (SSSR count). The number of aryl methyl sites for hydroxylation is 1. The molecule has 2 aromatic heterocycles. The third-order valence-electron chi connectivity index (χ3n) is 2.91. The van der Waals surface area contributed by atoms with E-state index in [1.807, 2.05) is 35.8 Å². The average molecular weight is 355 g/mol. The summed E-state index contributed by atoms with van der Waals surface area (Å²) < 4.78 is 3.39. The molecule has 0 spiro atoms. The van der Waals surface area contributed by atoms with Crippen molar-refractivity contribution in [2.24, 2.45) is 0 Å². The molecule has 0 unspecified atom stereocenters. The highest BCUT2D eigenvalue weighted by Crippen LogP contribution is 2.30. The third-order valence-corrected chi connectivity index (χ3v) is 4.24. The minimum atomic E-state index is 0.592. The number of rotatable bonds is 1. The predicted octanol–water partition coefficient (Wildman–Crippen LogP) is 4.81. The highest BCUT2D eigenvalue weighted by Gasteiger charge is 2.12. The van der Waals surface area contributed by atoms with Gasteiger partial charge in [0.05, 0.1) is 11.2 Å². The van der Waals surface area contributed by atoms with E-state index in [4.69, 9.17) is 23.8 Å². The Kier molecular flexibility index (Phi) is 3.20. The van der Waals surface area contributed by atoms with Gasteiger partial charge in [0.15, 0.2) is 10.4 Å². The fourth-order valence-electron chi connectivity index (χ4n) is 1.97. The molecule has 96 valence electrons. The van der Waals surface area contributed by atoms with E-state index in [2.05, 4.69) is 25.9 Å². The van der Waals surface area contributed by atoms with Crippen molar-refractivity contribution in [3.8, 4) is 5.69 Å². The van der Waals surface area contributed by atoms with E-state index >= 15 is 0 Å². The second-order valence-electron chi connectivity index (χ2n) is 4.19. The molecule has 0 radical (unpaired) electrons. The van der Waals surface area contributed by atoms with Gasteiger partial charge in [-0.3, -0.25) is 4.57 Å². The van der Waals surface area contributed by atoms with Crippen LogP contribution in [-0.4, -0.2) is 14.5 Å². The number of imidazole rings is 1. The van der Waals surface area contributed by atoms with Gasteiger partial charge in [0.1, 0.15) is 0 Å². The van der Waals surface area contributed by atoms with Gasteiger partial charge in [0, 0.05) is 15.7 Å².